The minimum Gasteiger partial charge on any atom is -0.310 e. The highest BCUT2D eigenvalue weighted by Gasteiger charge is 2.40. The molecule has 0 spiro atoms. The van der Waals surface area contributed by atoms with Gasteiger partial charge in [-0.25, -0.2) is 4.79 Å². The number of nitrogens with zero attached hydrogens (tertiary/aromatic N) is 1. The minimum atomic E-state index is -0.229. The van der Waals surface area contributed by atoms with Crippen molar-refractivity contribution < 1.29 is 4.79 Å². The van der Waals surface area contributed by atoms with Gasteiger partial charge in [0, 0.05) is 6.54 Å². The summed E-state index contributed by atoms with van der Waals surface area (Å²) in [6, 6.07) is 5.87. The number of carbonyl (C=O) groups excluding carboxylic acids is 1. The van der Waals surface area contributed by atoms with Gasteiger partial charge in [0.2, 0.25) is 0 Å². The summed E-state index contributed by atoms with van der Waals surface area (Å²) in [5.41, 5.74) is 3.38. The lowest BCUT2D eigenvalue weighted by atomic mass is 9.97. The Morgan fingerprint density at radius 3 is 2.79 bits per heavy atom. The fourth-order valence-corrected chi connectivity index (χ4v) is 2.67. The molecule has 1 saturated heterocycles. The zero-order valence-corrected chi connectivity index (χ0v) is 11.4. The standard InChI is InChI=1S/C15H19N3O/c1-9-3-4-10(2)12(7-9)13-14(16)17-15(19)18(13)8-11-5-6-11/h3-4,7,11,13H,5-6,8H2,1-2H3,(H2,16,17,19). The molecule has 2 fully saturated rings. The second-order valence-corrected chi connectivity index (χ2v) is 5.70. The molecule has 0 aromatic heterocycles. The van der Waals surface area contributed by atoms with Crippen molar-refractivity contribution in [1.29, 1.82) is 5.41 Å². The maximum atomic E-state index is 12.0. The van der Waals surface area contributed by atoms with Crippen LogP contribution in [0.1, 0.15) is 35.6 Å². The molecular weight excluding hydrogens is 238 g/mol. The number of amidine groups is 1. The first-order valence-corrected chi connectivity index (χ1v) is 6.79. The fraction of sp³-hybridized carbons (Fsp3) is 0.467. The number of aryl methyl sites for hydroxylation is 2. The molecule has 4 nitrogen and oxygen atoms in total. The van der Waals surface area contributed by atoms with E-state index in [4.69, 9.17) is 5.41 Å². The van der Waals surface area contributed by atoms with Crippen LogP contribution in [0.3, 0.4) is 0 Å². The highest BCUT2D eigenvalue weighted by molar-refractivity contribution is 6.06. The number of carbonyl (C=O) groups is 1. The Kier molecular flexibility index (Phi) is 2.81. The van der Waals surface area contributed by atoms with E-state index in [2.05, 4.69) is 23.5 Å². The van der Waals surface area contributed by atoms with E-state index >= 15 is 0 Å². The van der Waals surface area contributed by atoms with Crippen molar-refractivity contribution in [3.63, 3.8) is 0 Å². The smallest absolute Gasteiger partial charge is 0.310 e. The van der Waals surface area contributed by atoms with Gasteiger partial charge in [0.15, 0.2) is 0 Å². The Bertz CT molecular complexity index is 548. The van der Waals surface area contributed by atoms with Crippen LogP contribution < -0.4 is 5.32 Å². The van der Waals surface area contributed by atoms with Gasteiger partial charge in [0.05, 0.1) is 0 Å². The number of rotatable bonds is 3. The first-order valence-electron chi connectivity index (χ1n) is 6.79. The molecule has 4 heteroatoms. The lowest BCUT2D eigenvalue weighted by Gasteiger charge is -2.24. The molecular formula is C15H19N3O. The van der Waals surface area contributed by atoms with Gasteiger partial charge in [0.1, 0.15) is 11.9 Å². The molecule has 1 aliphatic heterocycles. The lowest BCUT2D eigenvalue weighted by molar-refractivity contribution is 0.203. The van der Waals surface area contributed by atoms with E-state index in [9.17, 15) is 4.79 Å². The third-order valence-electron chi connectivity index (χ3n) is 3.97. The average molecular weight is 257 g/mol. The van der Waals surface area contributed by atoms with Crippen molar-refractivity contribution in [3.8, 4) is 0 Å². The average Bonchev–Trinajstić information content (AvgIpc) is 3.11. The molecule has 0 bridgehead atoms. The van der Waals surface area contributed by atoms with Gasteiger partial charge < -0.3 is 4.90 Å². The van der Waals surface area contributed by atoms with Crippen LogP contribution in [0.2, 0.25) is 0 Å². The molecule has 19 heavy (non-hydrogen) atoms. The van der Waals surface area contributed by atoms with Gasteiger partial charge in [-0.05, 0) is 43.7 Å². The molecule has 1 heterocycles. The molecule has 0 radical (unpaired) electrons. The molecule has 2 aliphatic rings. The first kappa shape index (κ1) is 12.2. The topological polar surface area (TPSA) is 56.2 Å². The number of amides is 2. The predicted molar refractivity (Wildman–Crippen MR) is 74.3 cm³/mol. The van der Waals surface area contributed by atoms with E-state index in [1.54, 1.807) is 0 Å². The number of hydrogen-bond donors (Lipinski definition) is 2. The van der Waals surface area contributed by atoms with E-state index in [1.807, 2.05) is 18.7 Å². The van der Waals surface area contributed by atoms with Crippen molar-refractivity contribution in [3.05, 3.63) is 34.9 Å². The number of urea groups is 1. The summed E-state index contributed by atoms with van der Waals surface area (Å²) in [5, 5.41) is 10.7. The number of hydrogen-bond acceptors (Lipinski definition) is 2. The quantitative estimate of drug-likeness (QED) is 0.859. The van der Waals surface area contributed by atoms with Gasteiger partial charge in [-0.3, -0.25) is 10.7 Å². The van der Waals surface area contributed by atoms with E-state index in [1.165, 1.54) is 18.4 Å². The molecule has 1 saturated carbocycles. The minimum absolute atomic E-state index is 0.122. The highest BCUT2D eigenvalue weighted by atomic mass is 16.2. The summed E-state index contributed by atoms with van der Waals surface area (Å²) in [6.45, 7) is 4.86. The number of benzene rings is 1. The van der Waals surface area contributed by atoms with E-state index in [-0.39, 0.29) is 12.1 Å². The van der Waals surface area contributed by atoms with Gasteiger partial charge >= 0.3 is 6.03 Å². The van der Waals surface area contributed by atoms with Crippen molar-refractivity contribution in [2.75, 3.05) is 6.54 Å². The molecule has 1 aromatic carbocycles. The van der Waals surface area contributed by atoms with Crippen LogP contribution in [0.5, 0.6) is 0 Å². The van der Waals surface area contributed by atoms with Crippen LogP contribution >= 0.6 is 0 Å². The normalized spacial score (nSPS) is 22.8. The Morgan fingerprint density at radius 1 is 1.37 bits per heavy atom. The van der Waals surface area contributed by atoms with Gasteiger partial charge in [-0.2, -0.15) is 0 Å². The maximum absolute atomic E-state index is 12.0. The lowest BCUT2D eigenvalue weighted by Crippen LogP contribution is -2.32. The van der Waals surface area contributed by atoms with Gasteiger partial charge in [-0.15, -0.1) is 0 Å². The van der Waals surface area contributed by atoms with E-state index in [0.717, 1.165) is 17.7 Å². The summed E-state index contributed by atoms with van der Waals surface area (Å²) >= 11 is 0. The second-order valence-electron chi connectivity index (χ2n) is 5.70. The van der Waals surface area contributed by atoms with Crippen LogP contribution in [0.25, 0.3) is 0 Å². The van der Waals surface area contributed by atoms with Crippen LogP contribution in [0.4, 0.5) is 4.79 Å². The maximum Gasteiger partial charge on any atom is 0.323 e. The van der Waals surface area contributed by atoms with Gasteiger partial charge in [-0.1, -0.05) is 23.8 Å². The summed E-state index contributed by atoms with van der Waals surface area (Å²) in [6.07, 6.45) is 2.41. The Balaban J connectivity index is 1.97. The Labute approximate surface area is 113 Å². The summed E-state index contributed by atoms with van der Waals surface area (Å²) in [5.74, 6) is 0.934. The van der Waals surface area contributed by atoms with Crippen LogP contribution in [0, 0.1) is 25.2 Å². The zero-order valence-electron chi connectivity index (χ0n) is 11.4. The molecule has 1 atom stereocenters. The third-order valence-corrected chi connectivity index (χ3v) is 3.97. The highest BCUT2D eigenvalue weighted by Crippen LogP contribution is 2.35. The molecule has 1 aliphatic carbocycles. The van der Waals surface area contributed by atoms with Crippen LogP contribution in [-0.2, 0) is 0 Å². The van der Waals surface area contributed by atoms with Crippen molar-refractivity contribution >= 4 is 11.9 Å². The predicted octanol–water partition coefficient (Wildman–Crippen LogP) is 2.76. The molecule has 1 unspecified atom stereocenters. The second kappa shape index (κ2) is 4.37. The van der Waals surface area contributed by atoms with E-state index in [0.29, 0.717) is 11.8 Å². The summed E-state index contributed by atoms with van der Waals surface area (Å²) in [4.78, 5) is 13.8. The Morgan fingerprint density at radius 2 is 2.11 bits per heavy atom. The van der Waals surface area contributed by atoms with Crippen molar-refractivity contribution in [2.45, 2.75) is 32.7 Å². The molecule has 2 amide bonds. The zero-order chi connectivity index (χ0) is 13.6. The van der Waals surface area contributed by atoms with Crippen molar-refractivity contribution in [2.24, 2.45) is 5.92 Å². The first-order chi connectivity index (χ1) is 9.06. The van der Waals surface area contributed by atoms with Crippen molar-refractivity contribution in [1.82, 2.24) is 10.2 Å². The molecule has 100 valence electrons. The molecule has 3 rings (SSSR count). The SMILES string of the molecule is Cc1ccc(C)c(C2C(=N)NC(=O)N2CC2CC2)c1. The number of nitrogens with one attached hydrogen (secondary N) is 2. The van der Waals surface area contributed by atoms with E-state index < -0.39 is 0 Å². The molecule has 1 aromatic rings. The third kappa shape index (κ3) is 2.23. The monoisotopic (exact) mass is 257 g/mol. The largest absolute Gasteiger partial charge is 0.323 e. The van der Waals surface area contributed by atoms with Crippen LogP contribution in [0.15, 0.2) is 18.2 Å². The van der Waals surface area contributed by atoms with Crippen LogP contribution in [-0.4, -0.2) is 23.3 Å². The summed E-state index contributed by atoms with van der Waals surface area (Å²) < 4.78 is 0. The van der Waals surface area contributed by atoms with Gasteiger partial charge in [0.25, 0.3) is 0 Å². The molecule has 2 N–H and O–H groups in total. The fourth-order valence-electron chi connectivity index (χ4n) is 2.67. The summed E-state index contributed by atoms with van der Waals surface area (Å²) in [7, 11) is 0. The Hall–Kier alpha value is -1.84.